The average molecular weight is 306 g/mol. The minimum Gasteiger partial charge on any atom is -0.381 e. The van der Waals surface area contributed by atoms with E-state index in [4.69, 9.17) is 4.74 Å². The number of fused-ring (bicyclic) bond motifs is 1. The number of rotatable bonds is 2. The van der Waals surface area contributed by atoms with Crippen molar-refractivity contribution in [2.24, 2.45) is 5.41 Å². The zero-order valence-corrected chi connectivity index (χ0v) is 13.5. The molecule has 1 spiro atoms. The molecule has 0 atom stereocenters. The third-order valence-electron chi connectivity index (χ3n) is 5.70. The molecule has 23 heavy (non-hydrogen) atoms. The highest BCUT2D eigenvalue weighted by molar-refractivity contribution is 6.05. The first-order valence-corrected chi connectivity index (χ1v) is 8.48. The first kappa shape index (κ1) is 14.6. The fourth-order valence-corrected chi connectivity index (χ4v) is 4.27. The van der Waals surface area contributed by atoms with Gasteiger partial charge in [0.05, 0.1) is 6.10 Å². The van der Waals surface area contributed by atoms with Gasteiger partial charge in [-0.05, 0) is 54.9 Å². The molecule has 0 aliphatic heterocycles. The molecule has 1 saturated carbocycles. The smallest absolute Gasteiger partial charge is 0.169 e. The van der Waals surface area contributed by atoms with Crippen molar-refractivity contribution in [1.82, 2.24) is 0 Å². The highest BCUT2D eigenvalue weighted by Crippen LogP contribution is 2.48. The van der Waals surface area contributed by atoms with Gasteiger partial charge in [0.1, 0.15) is 0 Å². The van der Waals surface area contributed by atoms with Crippen LogP contribution in [-0.2, 0) is 11.2 Å². The number of hydrogen-bond acceptors (Lipinski definition) is 2. The lowest BCUT2D eigenvalue weighted by Gasteiger charge is -2.35. The molecule has 0 aromatic heterocycles. The number of carbonyl (C=O) groups is 1. The Hall–Kier alpha value is -1.93. The third kappa shape index (κ3) is 2.42. The van der Waals surface area contributed by atoms with Gasteiger partial charge in [0, 0.05) is 18.1 Å². The first-order valence-electron chi connectivity index (χ1n) is 8.48. The van der Waals surface area contributed by atoms with Crippen LogP contribution in [-0.4, -0.2) is 19.0 Å². The quantitative estimate of drug-likeness (QED) is 0.806. The molecule has 2 aliphatic carbocycles. The largest absolute Gasteiger partial charge is 0.381 e. The molecular weight excluding hydrogens is 284 g/mol. The predicted molar refractivity (Wildman–Crippen MR) is 91.6 cm³/mol. The monoisotopic (exact) mass is 306 g/mol. The number of carbonyl (C=O) groups excluding carboxylic acids is 1. The molecule has 2 aromatic carbocycles. The fraction of sp³-hybridized carbons (Fsp3) is 0.381. The Morgan fingerprint density at radius 1 is 1.00 bits per heavy atom. The SMILES string of the molecule is COC1CCC2(CC1)Cc1ccc(-c3ccccc3)cc1C2=O. The van der Waals surface area contributed by atoms with Crippen LogP contribution in [0.1, 0.15) is 41.6 Å². The van der Waals surface area contributed by atoms with Crippen LogP contribution in [0.5, 0.6) is 0 Å². The molecule has 2 nitrogen and oxygen atoms in total. The molecule has 2 aliphatic rings. The standard InChI is InChI=1S/C21H22O2/c1-23-18-9-11-21(12-10-18)14-17-8-7-16(13-19(17)20(21)22)15-5-3-2-4-6-15/h2-8,13,18H,9-12,14H2,1H3. The molecular formula is C21H22O2. The second-order valence-electron chi connectivity index (χ2n) is 6.96. The van der Waals surface area contributed by atoms with Gasteiger partial charge < -0.3 is 4.74 Å². The average Bonchev–Trinajstić information content (AvgIpc) is 2.88. The number of hydrogen-bond donors (Lipinski definition) is 0. The van der Waals surface area contributed by atoms with Gasteiger partial charge in [0.25, 0.3) is 0 Å². The lowest BCUT2D eigenvalue weighted by molar-refractivity contribution is 0.0285. The third-order valence-corrected chi connectivity index (χ3v) is 5.70. The molecule has 118 valence electrons. The Bertz CT molecular complexity index is 725. The summed E-state index contributed by atoms with van der Waals surface area (Å²) in [5.41, 5.74) is 4.33. The van der Waals surface area contributed by atoms with E-state index in [0.29, 0.717) is 11.9 Å². The highest BCUT2D eigenvalue weighted by atomic mass is 16.5. The summed E-state index contributed by atoms with van der Waals surface area (Å²) >= 11 is 0. The molecule has 0 amide bonds. The molecule has 0 heterocycles. The first-order chi connectivity index (χ1) is 11.2. The maximum Gasteiger partial charge on any atom is 0.169 e. The Kier molecular flexibility index (Phi) is 3.57. The topological polar surface area (TPSA) is 26.3 Å². The van der Waals surface area contributed by atoms with Crippen LogP contribution in [0.25, 0.3) is 11.1 Å². The molecule has 1 fully saturated rings. The molecule has 2 aromatic rings. The summed E-state index contributed by atoms with van der Waals surface area (Å²) in [6, 6.07) is 16.7. The number of Topliss-reactive ketones (excluding diaryl/α,β-unsaturated/α-hetero) is 1. The van der Waals surface area contributed by atoms with E-state index in [-0.39, 0.29) is 5.41 Å². The van der Waals surface area contributed by atoms with E-state index in [9.17, 15) is 4.79 Å². The van der Waals surface area contributed by atoms with Gasteiger partial charge in [0.15, 0.2) is 5.78 Å². The van der Waals surface area contributed by atoms with Crippen LogP contribution >= 0.6 is 0 Å². The van der Waals surface area contributed by atoms with Gasteiger partial charge in [-0.2, -0.15) is 0 Å². The number of benzene rings is 2. The van der Waals surface area contributed by atoms with Gasteiger partial charge in [0.2, 0.25) is 0 Å². The Labute approximate surface area is 137 Å². The van der Waals surface area contributed by atoms with Crippen molar-refractivity contribution in [2.75, 3.05) is 7.11 Å². The molecule has 4 rings (SSSR count). The number of ether oxygens (including phenoxy) is 1. The van der Waals surface area contributed by atoms with Crippen molar-refractivity contribution in [3.63, 3.8) is 0 Å². The zero-order valence-electron chi connectivity index (χ0n) is 13.5. The van der Waals surface area contributed by atoms with Crippen molar-refractivity contribution in [3.05, 3.63) is 59.7 Å². The van der Waals surface area contributed by atoms with E-state index >= 15 is 0 Å². The van der Waals surface area contributed by atoms with Gasteiger partial charge in [-0.15, -0.1) is 0 Å². The van der Waals surface area contributed by atoms with E-state index in [1.807, 2.05) is 18.2 Å². The number of ketones is 1. The Balaban J connectivity index is 1.65. The molecule has 0 saturated heterocycles. The van der Waals surface area contributed by atoms with Crippen LogP contribution in [0.15, 0.2) is 48.5 Å². The van der Waals surface area contributed by atoms with Crippen molar-refractivity contribution in [1.29, 1.82) is 0 Å². The molecule has 2 heteroatoms. The van der Waals surface area contributed by atoms with Crippen molar-refractivity contribution in [2.45, 2.75) is 38.2 Å². The summed E-state index contributed by atoms with van der Waals surface area (Å²) in [4.78, 5) is 13.1. The van der Waals surface area contributed by atoms with Crippen molar-refractivity contribution >= 4 is 5.78 Å². The summed E-state index contributed by atoms with van der Waals surface area (Å²) < 4.78 is 5.47. The van der Waals surface area contributed by atoms with Gasteiger partial charge >= 0.3 is 0 Å². The van der Waals surface area contributed by atoms with Crippen LogP contribution in [0.2, 0.25) is 0 Å². The molecule has 0 bridgehead atoms. The second kappa shape index (κ2) is 5.61. The van der Waals surface area contributed by atoms with E-state index in [1.165, 1.54) is 11.1 Å². The minimum absolute atomic E-state index is 0.160. The summed E-state index contributed by atoms with van der Waals surface area (Å²) in [5.74, 6) is 0.361. The van der Waals surface area contributed by atoms with Crippen molar-refractivity contribution in [3.8, 4) is 11.1 Å². The van der Waals surface area contributed by atoms with Crippen molar-refractivity contribution < 1.29 is 9.53 Å². The van der Waals surface area contributed by atoms with Crippen LogP contribution in [0.4, 0.5) is 0 Å². The molecule has 0 radical (unpaired) electrons. The molecule has 0 unspecified atom stereocenters. The van der Waals surface area contributed by atoms with E-state index in [0.717, 1.165) is 43.2 Å². The Morgan fingerprint density at radius 2 is 1.74 bits per heavy atom. The number of methoxy groups -OCH3 is 1. The summed E-state index contributed by atoms with van der Waals surface area (Å²) in [7, 11) is 1.78. The van der Waals surface area contributed by atoms with Crippen LogP contribution in [0.3, 0.4) is 0 Å². The van der Waals surface area contributed by atoms with Crippen LogP contribution in [0, 0.1) is 5.41 Å². The van der Waals surface area contributed by atoms with Crippen LogP contribution < -0.4 is 0 Å². The summed E-state index contributed by atoms with van der Waals surface area (Å²) in [6.45, 7) is 0. The maximum absolute atomic E-state index is 13.1. The van der Waals surface area contributed by atoms with Gasteiger partial charge in [-0.25, -0.2) is 0 Å². The lowest BCUT2D eigenvalue weighted by atomic mass is 9.70. The second-order valence-corrected chi connectivity index (χ2v) is 6.96. The van der Waals surface area contributed by atoms with E-state index < -0.39 is 0 Å². The fourth-order valence-electron chi connectivity index (χ4n) is 4.27. The maximum atomic E-state index is 13.1. The summed E-state index contributed by atoms with van der Waals surface area (Å²) in [6.07, 6.45) is 5.16. The Morgan fingerprint density at radius 3 is 2.43 bits per heavy atom. The lowest BCUT2D eigenvalue weighted by Crippen LogP contribution is -2.35. The normalized spacial score (nSPS) is 26.5. The molecule has 0 N–H and O–H groups in total. The van der Waals surface area contributed by atoms with E-state index in [1.54, 1.807) is 7.11 Å². The van der Waals surface area contributed by atoms with E-state index in [2.05, 4.69) is 30.3 Å². The zero-order chi connectivity index (χ0) is 15.9. The highest BCUT2D eigenvalue weighted by Gasteiger charge is 2.47. The predicted octanol–water partition coefficient (Wildman–Crippen LogP) is 4.67. The minimum atomic E-state index is -0.160. The summed E-state index contributed by atoms with van der Waals surface area (Å²) in [5, 5.41) is 0. The van der Waals surface area contributed by atoms with Gasteiger partial charge in [-0.1, -0.05) is 42.5 Å². The van der Waals surface area contributed by atoms with Gasteiger partial charge in [-0.3, -0.25) is 4.79 Å².